The predicted molar refractivity (Wildman–Crippen MR) is 122 cm³/mol. The lowest BCUT2D eigenvalue weighted by Gasteiger charge is -2.41. The van der Waals surface area contributed by atoms with E-state index in [2.05, 4.69) is 39.2 Å². The Bertz CT molecular complexity index is 692. The van der Waals surface area contributed by atoms with Crippen molar-refractivity contribution in [1.29, 1.82) is 0 Å². The molecule has 0 bridgehead atoms. The summed E-state index contributed by atoms with van der Waals surface area (Å²) in [5, 5.41) is 12.2. The minimum absolute atomic E-state index is 0.0272. The molecule has 2 atom stereocenters. The van der Waals surface area contributed by atoms with Crippen molar-refractivity contribution in [2.75, 3.05) is 0 Å². The molecule has 0 unspecified atom stereocenters. The maximum absolute atomic E-state index is 12.6. The second kappa shape index (κ2) is 10.4. The number of carbonyl (C=O) groups is 2. The zero-order chi connectivity index (χ0) is 23.2. The Labute approximate surface area is 182 Å². The van der Waals surface area contributed by atoms with Crippen LogP contribution >= 0.6 is 0 Å². The predicted octanol–water partition coefficient (Wildman–Crippen LogP) is 5.38. The molecular weight excluding hydrogens is 398 g/mol. The van der Waals surface area contributed by atoms with Crippen LogP contribution in [0.4, 0.5) is 4.79 Å². The molecule has 0 fully saturated rings. The number of carboxylic acids is 1. The summed E-state index contributed by atoms with van der Waals surface area (Å²) in [6.07, 6.45) is -0.147. The number of rotatable bonds is 9. The Hall–Kier alpha value is -1.86. The lowest BCUT2D eigenvalue weighted by Crippen LogP contribution is -2.53. The molecule has 0 saturated heterocycles. The number of carbonyl (C=O) groups excluding carboxylic acids is 1. The summed E-state index contributed by atoms with van der Waals surface area (Å²) in [6, 6.07) is 9.40. The first-order valence-electron chi connectivity index (χ1n) is 10.5. The molecule has 1 rings (SSSR count). The molecule has 0 saturated carbocycles. The van der Waals surface area contributed by atoms with Crippen molar-refractivity contribution >= 4 is 20.4 Å². The van der Waals surface area contributed by atoms with Gasteiger partial charge in [0.25, 0.3) is 0 Å². The monoisotopic (exact) mass is 437 g/mol. The fraction of sp³-hybridized carbons (Fsp3) is 0.652. The Balaban J connectivity index is 3.20. The smallest absolute Gasteiger partial charge is 0.407 e. The summed E-state index contributed by atoms with van der Waals surface area (Å²) in [5.74, 6) is -0.880. The Morgan fingerprint density at radius 1 is 1.07 bits per heavy atom. The van der Waals surface area contributed by atoms with Gasteiger partial charge in [0.15, 0.2) is 8.32 Å². The van der Waals surface area contributed by atoms with Gasteiger partial charge in [-0.1, -0.05) is 51.1 Å². The molecule has 0 spiro atoms. The van der Waals surface area contributed by atoms with Gasteiger partial charge in [-0.15, -0.1) is 0 Å². The molecule has 170 valence electrons. The molecule has 6 nitrogen and oxygen atoms in total. The Kier molecular flexibility index (Phi) is 9.11. The van der Waals surface area contributed by atoms with Gasteiger partial charge in [0.1, 0.15) is 5.60 Å². The van der Waals surface area contributed by atoms with Crippen LogP contribution in [0.5, 0.6) is 0 Å². The van der Waals surface area contributed by atoms with Gasteiger partial charge in [0, 0.05) is 6.42 Å². The number of ether oxygens (including phenoxy) is 1. The zero-order valence-electron chi connectivity index (χ0n) is 19.7. The van der Waals surface area contributed by atoms with Crippen molar-refractivity contribution in [2.24, 2.45) is 0 Å². The maximum Gasteiger partial charge on any atom is 0.407 e. The van der Waals surface area contributed by atoms with E-state index < -0.39 is 38.1 Å². The highest BCUT2D eigenvalue weighted by Crippen LogP contribution is 2.38. The van der Waals surface area contributed by atoms with E-state index in [9.17, 15) is 14.7 Å². The number of amides is 1. The minimum Gasteiger partial charge on any atom is -0.481 e. The Morgan fingerprint density at radius 3 is 2.10 bits per heavy atom. The fourth-order valence-corrected chi connectivity index (χ4v) is 4.16. The average Bonchev–Trinajstić information content (AvgIpc) is 2.56. The maximum atomic E-state index is 12.6. The van der Waals surface area contributed by atoms with Crippen LogP contribution < -0.4 is 5.32 Å². The topological polar surface area (TPSA) is 84.9 Å². The van der Waals surface area contributed by atoms with Gasteiger partial charge in [-0.2, -0.15) is 0 Å². The van der Waals surface area contributed by atoms with Crippen molar-refractivity contribution < 1.29 is 23.9 Å². The minimum atomic E-state index is -2.20. The van der Waals surface area contributed by atoms with Crippen LogP contribution in [0, 0.1) is 0 Å². The third-order valence-electron chi connectivity index (χ3n) is 5.34. The second-order valence-corrected chi connectivity index (χ2v) is 15.0. The van der Waals surface area contributed by atoms with Gasteiger partial charge in [-0.05, 0) is 57.3 Å². The van der Waals surface area contributed by atoms with Crippen LogP contribution in [-0.4, -0.2) is 43.2 Å². The normalized spacial score (nSPS) is 14.7. The summed E-state index contributed by atoms with van der Waals surface area (Å²) in [7, 11) is -2.20. The van der Waals surface area contributed by atoms with E-state index in [-0.39, 0.29) is 11.5 Å². The zero-order valence-corrected chi connectivity index (χ0v) is 20.7. The molecule has 0 aromatic heterocycles. The molecule has 0 heterocycles. The molecule has 1 aromatic carbocycles. The van der Waals surface area contributed by atoms with E-state index >= 15 is 0 Å². The van der Waals surface area contributed by atoms with Crippen molar-refractivity contribution in [1.82, 2.24) is 5.32 Å². The van der Waals surface area contributed by atoms with Gasteiger partial charge >= 0.3 is 12.1 Å². The number of nitrogens with one attached hydrogen (secondary N) is 1. The summed E-state index contributed by atoms with van der Waals surface area (Å²) in [4.78, 5) is 23.9. The second-order valence-electron chi connectivity index (χ2n) is 10.3. The summed E-state index contributed by atoms with van der Waals surface area (Å²) < 4.78 is 12.1. The van der Waals surface area contributed by atoms with Crippen molar-refractivity contribution in [3.8, 4) is 0 Å². The number of benzene rings is 1. The van der Waals surface area contributed by atoms with E-state index in [0.29, 0.717) is 12.8 Å². The van der Waals surface area contributed by atoms with Gasteiger partial charge in [0.05, 0.1) is 12.1 Å². The number of alkyl carbamates (subject to hydrolysis) is 1. The average molecular weight is 438 g/mol. The molecule has 30 heavy (non-hydrogen) atoms. The van der Waals surface area contributed by atoms with Gasteiger partial charge in [0.2, 0.25) is 0 Å². The number of hydrogen-bond acceptors (Lipinski definition) is 4. The SMILES string of the molecule is CC(C)(C)OC(=O)N[C@@H](Cc1ccccc1)[C@H](CCC(=O)O)O[Si](C)(C)C(C)(C)C. The standard InChI is InChI=1S/C23H39NO5Si/c1-22(2,3)28-21(27)24-18(16-17-12-10-9-11-13-17)19(14-15-20(25)26)29-30(7,8)23(4,5)6/h9-13,18-19H,14-16H2,1-8H3,(H,24,27)(H,25,26)/t18-,19-/m0/s1. The first-order valence-corrected chi connectivity index (χ1v) is 13.4. The number of aliphatic carboxylic acids is 1. The van der Waals surface area contributed by atoms with Gasteiger partial charge < -0.3 is 19.6 Å². The molecule has 0 aliphatic carbocycles. The van der Waals surface area contributed by atoms with E-state index in [1.165, 1.54) is 0 Å². The summed E-state index contributed by atoms with van der Waals surface area (Å²) in [5.41, 5.74) is 0.413. The summed E-state index contributed by atoms with van der Waals surface area (Å²) >= 11 is 0. The molecular formula is C23H39NO5Si. The molecule has 1 aromatic rings. The van der Waals surface area contributed by atoms with E-state index in [0.717, 1.165) is 5.56 Å². The largest absolute Gasteiger partial charge is 0.481 e. The molecule has 0 radical (unpaired) electrons. The number of carboxylic acid groups (broad SMARTS) is 1. The van der Waals surface area contributed by atoms with Gasteiger partial charge in [-0.25, -0.2) is 4.79 Å². The van der Waals surface area contributed by atoms with Crippen LogP contribution in [-0.2, 0) is 20.4 Å². The Morgan fingerprint density at radius 2 is 1.63 bits per heavy atom. The highest BCUT2D eigenvalue weighted by molar-refractivity contribution is 6.74. The quantitative estimate of drug-likeness (QED) is 0.507. The molecule has 2 N–H and O–H groups in total. The lowest BCUT2D eigenvalue weighted by atomic mass is 9.98. The van der Waals surface area contributed by atoms with Crippen LogP contribution in [0.3, 0.4) is 0 Å². The van der Waals surface area contributed by atoms with Crippen LogP contribution in [0.15, 0.2) is 30.3 Å². The lowest BCUT2D eigenvalue weighted by molar-refractivity contribution is -0.137. The van der Waals surface area contributed by atoms with Gasteiger partial charge in [-0.3, -0.25) is 4.79 Å². The summed E-state index contributed by atoms with van der Waals surface area (Å²) in [6.45, 7) is 16.1. The van der Waals surface area contributed by atoms with Crippen molar-refractivity contribution in [3.05, 3.63) is 35.9 Å². The first kappa shape index (κ1) is 26.2. The molecule has 0 aliphatic rings. The third kappa shape index (κ3) is 9.30. The van der Waals surface area contributed by atoms with E-state index in [1.54, 1.807) is 0 Å². The van der Waals surface area contributed by atoms with Crippen molar-refractivity contribution in [2.45, 2.75) is 96.7 Å². The van der Waals surface area contributed by atoms with E-state index in [1.807, 2.05) is 51.1 Å². The molecule has 7 heteroatoms. The highest BCUT2D eigenvalue weighted by atomic mass is 28.4. The van der Waals surface area contributed by atoms with Crippen LogP contribution in [0.25, 0.3) is 0 Å². The van der Waals surface area contributed by atoms with Crippen LogP contribution in [0.1, 0.15) is 59.9 Å². The third-order valence-corrected chi connectivity index (χ3v) is 9.85. The molecule has 1 amide bonds. The molecule has 0 aliphatic heterocycles. The first-order chi connectivity index (χ1) is 13.6. The number of hydrogen-bond donors (Lipinski definition) is 2. The fourth-order valence-electron chi connectivity index (χ4n) is 2.77. The van der Waals surface area contributed by atoms with E-state index in [4.69, 9.17) is 9.16 Å². The highest BCUT2D eigenvalue weighted by Gasteiger charge is 2.41. The van der Waals surface area contributed by atoms with Crippen molar-refractivity contribution in [3.63, 3.8) is 0 Å². The van der Waals surface area contributed by atoms with Crippen LogP contribution in [0.2, 0.25) is 18.1 Å².